The largest absolute Gasteiger partial charge is 0.384 e. The molecule has 0 aliphatic heterocycles. The van der Waals surface area contributed by atoms with E-state index < -0.39 is 0 Å². The molecule has 0 saturated heterocycles. The van der Waals surface area contributed by atoms with Crippen LogP contribution in [-0.2, 0) is 0 Å². The van der Waals surface area contributed by atoms with Crippen molar-refractivity contribution in [1.29, 1.82) is 0 Å². The lowest BCUT2D eigenvalue weighted by Gasteiger charge is -2.17. The summed E-state index contributed by atoms with van der Waals surface area (Å²) in [5.41, 5.74) is 0.704. The Balaban J connectivity index is 2.74. The molecule has 4 heteroatoms. The highest BCUT2D eigenvalue weighted by molar-refractivity contribution is 7.12. The molecule has 18 heavy (non-hydrogen) atoms. The third-order valence-corrected chi connectivity index (χ3v) is 3.45. The van der Waals surface area contributed by atoms with Gasteiger partial charge in [0.25, 0.3) is 5.91 Å². The number of thiophene rings is 1. The topological polar surface area (TPSA) is 40.5 Å². The summed E-state index contributed by atoms with van der Waals surface area (Å²) in [6.45, 7) is 4.84. The predicted molar refractivity (Wildman–Crippen MR) is 74.7 cm³/mol. The Bertz CT molecular complexity index is 454. The molecule has 0 aliphatic carbocycles. The van der Waals surface area contributed by atoms with E-state index in [1.165, 1.54) is 11.3 Å². The molecule has 1 heterocycles. The molecule has 1 rings (SSSR count). The fourth-order valence-corrected chi connectivity index (χ4v) is 2.28. The molecule has 0 spiro atoms. The maximum Gasteiger partial charge on any atom is 0.264 e. The van der Waals surface area contributed by atoms with Gasteiger partial charge in [0, 0.05) is 19.2 Å². The summed E-state index contributed by atoms with van der Waals surface area (Å²) in [6, 6.07) is 1.82. The van der Waals surface area contributed by atoms with Crippen LogP contribution in [-0.4, -0.2) is 36.1 Å². The molecule has 3 nitrogen and oxygen atoms in total. The fourth-order valence-electron chi connectivity index (χ4n) is 1.43. The van der Waals surface area contributed by atoms with E-state index in [4.69, 9.17) is 5.11 Å². The first kappa shape index (κ1) is 14.7. The van der Waals surface area contributed by atoms with Crippen molar-refractivity contribution in [3.05, 3.63) is 21.9 Å². The minimum atomic E-state index is -0.188. The Labute approximate surface area is 112 Å². The van der Waals surface area contributed by atoms with Crippen LogP contribution < -0.4 is 0 Å². The number of hydrogen-bond donors (Lipinski definition) is 1. The zero-order valence-electron chi connectivity index (χ0n) is 11.1. The normalized spacial score (nSPS) is 10.1. The summed E-state index contributed by atoms with van der Waals surface area (Å²) < 4.78 is 0. The van der Waals surface area contributed by atoms with E-state index in [-0.39, 0.29) is 12.5 Å². The summed E-state index contributed by atoms with van der Waals surface area (Å²) in [5, 5.41) is 10.5. The van der Waals surface area contributed by atoms with Gasteiger partial charge in [0.15, 0.2) is 0 Å². The molecular formula is C14H19NO2S. The Morgan fingerprint density at radius 1 is 1.56 bits per heavy atom. The zero-order valence-corrected chi connectivity index (χ0v) is 11.9. The molecule has 0 aliphatic rings. The van der Waals surface area contributed by atoms with Gasteiger partial charge in [0.2, 0.25) is 0 Å². The van der Waals surface area contributed by atoms with Crippen molar-refractivity contribution in [2.75, 3.05) is 20.2 Å². The Hall–Kier alpha value is -1.31. The predicted octanol–water partition coefficient (Wildman–Crippen LogP) is 2.21. The highest BCUT2D eigenvalue weighted by Crippen LogP contribution is 2.18. The van der Waals surface area contributed by atoms with Crippen LogP contribution in [0.4, 0.5) is 0 Å². The van der Waals surface area contributed by atoms with E-state index in [1.807, 2.05) is 18.5 Å². The summed E-state index contributed by atoms with van der Waals surface area (Å²) >= 11 is 1.40. The first-order valence-electron chi connectivity index (χ1n) is 5.99. The van der Waals surface area contributed by atoms with Crippen LogP contribution in [0, 0.1) is 17.8 Å². The zero-order chi connectivity index (χ0) is 13.5. The van der Waals surface area contributed by atoms with Gasteiger partial charge < -0.3 is 10.0 Å². The van der Waals surface area contributed by atoms with Crippen LogP contribution in [0.1, 0.15) is 35.5 Å². The average molecular weight is 265 g/mol. The van der Waals surface area contributed by atoms with Crippen molar-refractivity contribution in [3.8, 4) is 11.8 Å². The molecule has 0 bridgehead atoms. The lowest BCUT2D eigenvalue weighted by Crippen LogP contribution is -2.28. The molecule has 98 valence electrons. The summed E-state index contributed by atoms with van der Waals surface area (Å²) in [6.07, 6.45) is 0.991. The van der Waals surface area contributed by atoms with Gasteiger partial charge >= 0.3 is 0 Å². The lowest BCUT2D eigenvalue weighted by molar-refractivity contribution is 0.0793. The van der Waals surface area contributed by atoms with E-state index in [2.05, 4.69) is 25.7 Å². The summed E-state index contributed by atoms with van der Waals surface area (Å²) in [7, 11) is 1.81. The molecule has 0 saturated carbocycles. The molecular weight excluding hydrogens is 246 g/mol. The Morgan fingerprint density at radius 3 is 2.89 bits per heavy atom. The Kier molecular flexibility index (Phi) is 5.90. The average Bonchev–Trinajstić information content (AvgIpc) is 2.80. The van der Waals surface area contributed by atoms with Gasteiger partial charge in [-0.15, -0.1) is 11.3 Å². The number of amides is 1. The number of carbonyl (C=O) groups excluding carboxylic acids is 1. The number of nitrogens with zero attached hydrogens (tertiary/aromatic N) is 1. The number of carbonyl (C=O) groups is 1. The van der Waals surface area contributed by atoms with Gasteiger partial charge in [-0.1, -0.05) is 25.7 Å². The van der Waals surface area contributed by atoms with E-state index >= 15 is 0 Å². The van der Waals surface area contributed by atoms with Crippen LogP contribution in [0.3, 0.4) is 0 Å². The highest BCUT2D eigenvalue weighted by atomic mass is 32.1. The summed E-state index contributed by atoms with van der Waals surface area (Å²) in [5.74, 6) is 5.97. The fraction of sp³-hybridized carbons (Fsp3) is 0.500. The first-order chi connectivity index (χ1) is 8.56. The second-order valence-corrected chi connectivity index (χ2v) is 5.45. The number of rotatable bonds is 4. The minimum absolute atomic E-state index is 0.00731. The van der Waals surface area contributed by atoms with Crippen molar-refractivity contribution in [3.63, 3.8) is 0 Å². The van der Waals surface area contributed by atoms with Gasteiger partial charge in [-0.2, -0.15) is 0 Å². The van der Waals surface area contributed by atoms with Crippen molar-refractivity contribution >= 4 is 17.2 Å². The van der Waals surface area contributed by atoms with E-state index in [9.17, 15) is 4.79 Å². The third kappa shape index (κ3) is 4.17. The van der Waals surface area contributed by atoms with Crippen LogP contribution >= 0.6 is 11.3 Å². The van der Waals surface area contributed by atoms with Gasteiger partial charge in [0.1, 0.15) is 11.5 Å². The molecule has 1 N–H and O–H groups in total. The number of aliphatic hydroxyl groups excluding tert-OH is 1. The number of aliphatic hydroxyl groups is 1. The number of hydrogen-bond acceptors (Lipinski definition) is 3. The van der Waals surface area contributed by atoms with E-state index in [0.29, 0.717) is 16.4 Å². The van der Waals surface area contributed by atoms with Crippen LogP contribution in [0.2, 0.25) is 0 Å². The van der Waals surface area contributed by atoms with Crippen molar-refractivity contribution in [2.24, 2.45) is 5.92 Å². The van der Waals surface area contributed by atoms with Crippen molar-refractivity contribution < 1.29 is 9.90 Å². The molecule has 1 aromatic heterocycles. The lowest BCUT2D eigenvalue weighted by atomic mass is 10.1. The third-order valence-electron chi connectivity index (χ3n) is 2.55. The maximum absolute atomic E-state index is 12.2. The SMILES string of the molecule is CC(C)CCN(C)C(=O)c1sccc1C#CCO. The quantitative estimate of drug-likeness (QED) is 0.848. The summed E-state index contributed by atoms with van der Waals surface area (Å²) in [4.78, 5) is 14.6. The van der Waals surface area contributed by atoms with Gasteiger partial charge in [0.05, 0.1) is 0 Å². The smallest absolute Gasteiger partial charge is 0.264 e. The van der Waals surface area contributed by atoms with E-state index in [1.54, 1.807) is 4.90 Å². The molecule has 0 radical (unpaired) electrons. The van der Waals surface area contributed by atoms with Crippen LogP contribution in [0.25, 0.3) is 0 Å². The van der Waals surface area contributed by atoms with Crippen LogP contribution in [0.5, 0.6) is 0 Å². The van der Waals surface area contributed by atoms with Gasteiger partial charge in [-0.05, 0) is 23.8 Å². The van der Waals surface area contributed by atoms with Crippen molar-refractivity contribution in [1.82, 2.24) is 4.90 Å². The Morgan fingerprint density at radius 2 is 2.28 bits per heavy atom. The van der Waals surface area contributed by atoms with Crippen molar-refractivity contribution in [2.45, 2.75) is 20.3 Å². The molecule has 0 fully saturated rings. The molecule has 0 atom stereocenters. The molecule has 1 amide bonds. The first-order valence-corrected chi connectivity index (χ1v) is 6.87. The monoisotopic (exact) mass is 265 g/mol. The molecule has 0 unspecified atom stereocenters. The second kappa shape index (κ2) is 7.20. The minimum Gasteiger partial charge on any atom is -0.384 e. The van der Waals surface area contributed by atoms with Gasteiger partial charge in [-0.25, -0.2) is 0 Å². The van der Waals surface area contributed by atoms with Gasteiger partial charge in [-0.3, -0.25) is 4.79 Å². The highest BCUT2D eigenvalue weighted by Gasteiger charge is 2.16. The standard InChI is InChI=1S/C14H19NO2S/c1-11(2)6-8-15(3)14(17)13-12(5-4-9-16)7-10-18-13/h7,10-11,16H,6,8-9H2,1-3H3. The molecule has 1 aromatic rings. The van der Waals surface area contributed by atoms with Crippen LogP contribution in [0.15, 0.2) is 11.4 Å². The van der Waals surface area contributed by atoms with E-state index in [0.717, 1.165) is 13.0 Å². The second-order valence-electron chi connectivity index (χ2n) is 4.53. The maximum atomic E-state index is 12.2. The molecule has 0 aromatic carbocycles.